The molecular formula is C14H10ClFNO2-. The van der Waals surface area contributed by atoms with E-state index in [2.05, 4.69) is 5.32 Å². The molecule has 3 nitrogen and oxygen atoms in total. The lowest BCUT2D eigenvalue weighted by Crippen LogP contribution is -2.34. The molecule has 0 heterocycles. The van der Waals surface area contributed by atoms with Crippen LogP contribution in [-0.4, -0.2) is 5.97 Å². The van der Waals surface area contributed by atoms with Crippen LogP contribution in [0.25, 0.3) is 0 Å². The van der Waals surface area contributed by atoms with Gasteiger partial charge in [0.2, 0.25) is 0 Å². The number of carbonyl (C=O) groups is 1. The van der Waals surface area contributed by atoms with Gasteiger partial charge in [-0.25, -0.2) is 4.39 Å². The van der Waals surface area contributed by atoms with Crippen molar-refractivity contribution in [1.29, 1.82) is 0 Å². The van der Waals surface area contributed by atoms with Gasteiger partial charge in [0.25, 0.3) is 0 Å². The number of carbonyl (C=O) groups excluding carboxylic acids is 1. The summed E-state index contributed by atoms with van der Waals surface area (Å²) in [6.07, 6.45) is 0. The molecular weight excluding hydrogens is 269 g/mol. The van der Waals surface area contributed by atoms with Gasteiger partial charge in [-0.15, -0.1) is 0 Å². The summed E-state index contributed by atoms with van der Waals surface area (Å²) >= 11 is 5.74. The highest BCUT2D eigenvalue weighted by Gasteiger charge is 2.14. The Morgan fingerprint density at radius 1 is 1.16 bits per heavy atom. The number of halogens is 2. The fourth-order valence-corrected chi connectivity index (χ4v) is 1.79. The van der Waals surface area contributed by atoms with E-state index in [4.69, 9.17) is 11.6 Å². The van der Waals surface area contributed by atoms with Crippen molar-refractivity contribution in [3.8, 4) is 0 Å². The van der Waals surface area contributed by atoms with Gasteiger partial charge in [-0.2, -0.15) is 0 Å². The van der Waals surface area contributed by atoms with Crippen molar-refractivity contribution in [3.63, 3.8) is 0 Å². The number of hydrogen-bond acceptors (Lipinski definition) is 3. The number of aliphatic carboxylic acids is 1. The number of hydrogen-bond donors (Lipinski definition) is 1. The Morgan fingerprint density at radius 2 is 1.79 bits per heavy atom. The second-order valence-electron chi connectivity index (χ2n) is 3.93. The summed E-state index contributed by atoms with van der Waals surface area (Å²) in [6, 6.07) is 10.9. The van der Waals surface area contributed by atoms with Crippen molar-refractivity contribution in [1.82, 2.24) is 0 Å². The Kier molecular flexibility index (Phi) is 4.02. The average molecular weight is 279 g/mol. The lowest BCUT2D eigenvalue weighted by atomic mass is 10.1. The highest BCUT2D eigenvalue weighted by molar-refractivity contribution is 6.30. The first kappa shape index (κ1) is 13.4. The topological polar surface area (TPSA) is 52.2 Å². The first-order valence-electron chi connectivity index (χ1n) is 5.55. The molecule has 2 aromatic carbocycles. The van der Waals surface area contributed by atoms with Crippen molar-refractivity contribution < 1.29 is 14.3 Å². The molecule has 98 valence electrons. The third-order valence-corrected chi connectivity index (χ3v) is 2.86. The fourth-order valence-electron chi connectivity index (χ4n) is 1.67. The van der Waals surface area contributed by atoms with Crippen LogP contribution >= 0.6 is 11.6 Å². The van der Waals surface area contributed by atoms with Gasteiger partial charge < -0.3 is 15.2 Å². The van der Waals surface area contributed by atoms with Crippen LogP contribution < -0.4 is 10.4 Å². The molecule has 0 saturated carbocycles. The summed E-state index contributed by atoms with van der Waals surface area (Å²) in [7, 11) is 0. The molecule has 0 spiro atoms. The molecule has 0 aliphatic heterocycles. The van der Waals surface area contributed by atoms with E-state index in [1.165, 1.54) is 18.2 Å². The van der Waals surface area contributed by atoms with E-state index in [0.717, 1.165) is 0 Å². The molecule has 0 aliphatic carbocycles. The largest absolute Gasteiger partial charge is 0.548 e. The van der Waals surface area contributed by atoms with Crippen LogP contribution in [0.2, 0.25) is 5.02 Å². The monoisotopic (exact) mass is 278 g/mol. The maximum Gasteiger partial charge on any atom is 0.146 e. The number of benzene rings is 2. The zero-order chi connectivity index (χ0) is 13.8. The minimum atomic E-state index is -1.34. The van der Waals surface area contributed by atoms with E-state index in [1.807, 2.05) is 0 Å². The highest BCUT2D eigenvalue weighted by Crippen LogP contribution is 2.22. The summed E-state index contributed by atoms with van der Waals surface area (Å²) in [5.74, 6) is -1.87. The van der Waals surface area contributed by atoms with Gasteiger partial charge in [0.05, 0.1) is 17.7 Å². The molecule has 0 unspecified atom stereocenters. The average Bonchev–Trinajstić information content (AvgIpc) is 2.39. The van der Waals surface area contributed by atoms with Crippen LogP contribution in [0.3, 0.4) is 0 Å². The number of para-hydroxylation sites is 1. The van der Waals surface area contributed by atoms with Crippen LogP contribution in [0.5, 0.6) is 0 Å². The summed E-state index contributed by atoms with van der Waals surface area (Å²) in [5.41, 5.74) is 0.541. The Morgan fingerprint density at radius 3 is 2.37 bits per heavy atom. The lowest BCUT2D eigenvalue weighted by Gasteiger charge is -2.21. The van der Waals surface area contributed by atoms with Gasteiger partial charge in [-0.1, -0.05) is 35.9 Å². The van der Waals surface area contributed by atoms with Crippen molar-refractivity contribution in [2.45, 2.75) is 6.04 Å². The molecule has 0 saturated heterocycles. The predicted molar refractivity (Wildman–Crippen MR) is 69.2 cm³/mol. The predicted octanol–water partition coefficient (Wildman–Crippen LogP) is 2.38. The SMILES string of the molecule is O=C([O-])[C@@H](Nc1ccccc1F)c1ccc(Cl)cc1. The van der Waals surface area contributed by atoms with Gasteiger partial charge in [-0.3, -0.25) is 0 Å². The van der Waals surface area contributed by atoms with Crippen molar-refractivity contribution in [2.24, 2.45) is 0 Å². The number of carboxylic acids is 1. The maximum absolute atomic E-state index is 13.5. The maximum atomic E-state index is 13.5. The van der Waals surface area contributed by atoms with Crippen LogP contribution in [0.4, 0.5) is 10.1 Å². The van der Waals surface area contributed by atoms with Gasteiger partial charge in [-0.05, 0) is 29.8 Å². The van der Waals surface area contributed by atoms with E-state index < -0.39 is 17.8 Å². The van der Waals surface area contributed by atoms with Crippen molar-refractivity contribution in [2.75, 3.05) is 5.32 Å². The molecule has 1 atom stereocenters. The zero-order valence-electron chi connectivity index (χ0n) is 9.77. The Labute approximate surface area is 114 Å². The lowest BCUT2D eigenvalue weighted by molar-refractivity contribution is -0.307. The second-order valence-corrected chi connectivity index (χ2v) is 4.36. The Balaban J connectivity index is 2.29. The normalized spacial score (nSPS) is 11.9. The van der Waals surface area contributed by atoms with Gasteiger partial charge >= 0.3 is 0 Å². The molecule has 0 aromatic heterocycles. The number of anilines is 1. The molecule has 0 amide bonds. The number of nitrogens with one attached hydrogen (secondary N) is 1. The molecule has 0 radical (unpaired) electrons. The molecule has 2 rings (SSSR count). The number of rotatable bonds is 4. The quantitative estimate of drug-likeness (QED) is 0.934. The minimum Gasteiger partial charge on any atom is -0.548 e. The molecule has 5 heteroatoms. The smallest absolute Gasteiger partial charge is 0.146 e. The summed E-state index contributed by atoms with van der Waals surface area (Å²) in [5, 5.41) is 14.3. The van der Waals surface area contributed by atoms with Crippen LogP contribution in [-0.2, 0) is 4.79 Å². The van der Waals surface area contributed by atoms with Crippen molar-refractivity contribution >= 4 is 23.3 Å². The Hall–Kier alpha value is -2.07. The molecule has 0 aliphatic rings. The summed E-state index contributed by atoms with van der Waals surface area (Å²) in [4.78, 5) is 11.2. The third kappa shape index (κ3) is 3.23. The first-order valence-corrected chi connectivity index (χ1v) is 5.93. The Bertz CT molecular complexity index is 586. The summed E-state index contributed by atoms with van der Waals surface area (Å²) in [6.45, 7) is 0. The van der Waals surface area contributed by atoms with Gasteiger partial charge in [0.15, 0.2) is 0 Å². The van der Waals surface area contributed by atoms with E-state index in [9.17, 15) is 14.3 Å². The van der Waals surface area contributed by atoms with Crippen molar-refractivity contribution in [3.05, 3.63) is 64.9 Å². The second kappa shape index (κ2) is 5.71. The van der Waals surface area contributed by atoms with Crippen LogP contribution in [0.1, 0.15) is 11.6 Å². The van der Waals surface area contributed by atoms with E-state index >= 15 is 0 Å². The molecule has 1 N–H and O–H groups in total. The van der Waals surface area contributed by atoms with E-state index in [-0.39, 0.29) is 5.69 Å². The molecule has 0 bridgehead atoms. The third-order valence-electron chi connectivity index (χ3n) is 2.61. The number of carboxylic acid groups (broad SMARTS) is 1. The highest BCUT2D eigenvalue weighted by atomic mass is 35.5. The standard InChI is InChI=1S/C14H11ClFNO2/c15-10-7-5-9(6-8-10)13(14(18)19)17-12-4-2-1-3-11(12)16/h1-8,13,17H,(H,18,19)/p-1/t13-/m0/s1. The van der Waals surface area contributed by atoms with Crippen LogP contribution in [0.15, 0.2) is 48.5 Å². The van der Waals surface area contributed by atoms with Gasteiger partial charge in [0.1, 0.15) is 5.82 Å². The zero-order valence-corrected chi connectivity index (χ0v) is 10.5. The first-order chi connectivity index (χ1) is 9.08. The van der Waals surface area contributed by atoms with E-state index in [1.54, 1.807) is 30.3 Å². The van der Waals surface area contributed by atoms with E-state index in [0.29, 0.717) is 10.6 Å². The molecule has 0 fully saturated rings. The summed E-state index contributed by atoms with van der Waals surface area (Å²) < 4.78 is 13.5. The minimum absolute atomic E-state index is 0.103. The molecule has 19 heavy (non-hydrogen) atoms. The van der Waals surface area contributed by atoms with Gasteiger partial charge in [0, 0.05) is 5.02 Å². The molecule has 2 aromatic rings. The van der Waals surface area contributed by atoms with Crippen LogP contribution in [0, 0.1) is 5.82 Å². The fraction of sp³-hybridized carbons (Fsp3) is 0.0714.